The number of nitrogens with zero attached hydrogens (tertiary/aromatic N) is 1. The molecule has 0 saturated heterocycles. The van der Waals surface area contributed by atoms with E-state index < -0.39 is 11.9 Å². The minimum absolute atomic E-state index is 0.173. The van der Waals surface area contributed by atoms with Gasteiger partial charge in [0.2, 0.25) is 0 Å². The molecule has 0 aliphatic heterocycles. The maximum atomic E-state index is 13.3. The van der Waals surface area contributed by atoms with E-state index in [2.05, 4.69) is 15.0 Å². The Labute approximate surface area is 176 Å². The number of hydrogen-bond donors (Lipinski definition) is 1. The van der Waals surface area contributed by atoms with Crippen molar-refractivity contribution in [2.75, 3.05) is 19.0 Å². The molecule has 1 amide bonds. The van der Waals surface area contributed by atoms with Crippen LogP contribution in [-0.4, -0.2) is 30.6 Å². The van der Waals surface area contributed by atoms with Crippen LogP contribution in [0.1, 0.15) is 10.6 Å². The zero-order chi connectivity index (χ0) is 21.8. The summed E-state index contributed by atoms with van der Waals surface area (Å²) in [7, 11) is 1.27. The van der Waals surface area contributed by atoms with Crippen molar-refractivity contribution in [3.63, 3.8) is 0 Å². The highest BCUT2D eigenvalue weighted by Crippen LogP contribution is 2.32. The third kappa shape index (κ3) is 4.53. The van der Waals surface area contributed by atoms with E-state index in [0.29, 0.717) is 33.6 Å². The molecule has 0 bridgehead atoms. The number of hydrogen-bond acceptors (Lipinski definition) is 6. The van der Waals surface area contributed by atoms with Crippen molar-refractivity contribution in [3.8, 4) is 17.0 Å². The molecule has 4 rings (SSSR count). The molecule has 156 valence electrons. The van der Waals surface area contributed by atoms with Gasteiger partial charge in [0, 0.05) is 22.7 Å². The number of carbonyl (C=O) groups excluding carboxylic acids is 2. The molecule has 0 spiro atoms. The first kappa shape index (κ1) is 20.1. The highest BCUT2D eigenvalue weighted by molar-refractivity contribution is 6.03. The number of halogens is 1. The lowest BCUT2D eigenvalue weighted by atomic mass is 10.1. The van der Waals surface area contributed by atoms with Crippen molar-refractivity contribution in [2.45, 2.75) is 0 Å². The normalized spacial score (nSPS) is 10.6. The number of pyridine rings is 1. The topological polar surface area (TPSA) is 90.7 Å². The Bertz CT molecular complexity index is 1240. The van der Waals surface area contributed by atoms with Gasteiger partial charge in [0.05, 0.1) is 24.6 Å². The number of amides is 1. The summed E-state index contributed by atoms with van der Waals surface area (Å²) >= 11 is 0. The molecule has 0 radical (unpaired) electrons. The van der Waals surface area contributed by atoms with Gasteiger partial charge in [0.25, 0.3) is 5.91 Å². The summed E-state index contributed by atoms with van der Waals surface area (Å²) < 4.78 is 28.7. The Morgan fingerprint density at radius 2 is 1.90 bits per heavy atom. The molecule has 0 aliphatic rings. The second-order valence-electron chi connectivity index (χ2n) is 6.54. The lowest BCUT2D eigenvalue weighted by Crippen LogP contribution is -2.13. The molecular weight excluding hydrogens is 403 g/mol. The van der Waals surface area contributed by atoms with Gasteiger partial charge in [-0.2, -0.15) is 0 Å². The average molecular weight is 420 g/mol. The van der Waals surface area contributed by atoms with Crippen LogP contribution in [0, 0.1) is 5.82 Å². The molecule has 0 fully saturated rings. The van der Waals surface area contributed by atoms with Crippen molar-refractivity contribution in [3.05, 3.63) is 78.5 Å². The number of aromatic nitrogens is 1. The first-order valence-electron chi connectivity index (χ1n) is 9.29. The largest absolute Gasteiger partial charge is 0.481 e. The lowest BCUT2D eigenvalue weighted by Gasteiger charge is -2.12. The summed E-state index contributed by atoms with van der Waals surface area (Å²) in [5.74, 6) is -0.771. The number of ether oxygens (including phenoxy) is 2. The standard InChI is InChI=1S/C23H17FN2O5/c1-29-22(27)13-31-21-12-19(14-4-6-15(24)7-5-14)26-18-9-8-16(11-17(18)21)25-23(28)20-3-2-10-30-20/h2-12H,13H2,1H3,(H,25,28). The van der Waals surface area contributed by atoms with Crippen LogP contribution in [0.5, 0.6) is 5.75 Å². The van der Waals surface area contributed by atoms with Gasteiger partial charge in [-0.25, -0.2) is 14.2 Å². The number of benzene rings is 2. The summed E-state index contributed by atoms with van der Waals surface area (Å²) in [6.07, 6.45) is 1.41. The van der Waals surface area contributed by atoms with Crippen molar-refractivity contribution in [1.82, 2.24) is 4.98 Å². The molecule has 4 aromatic rings. The molecule has 1 N–H and O–H groups in total. The zero-order valence-corrected chi connectivity index (χ0v) is 16.4. The van der Waals surface area contributed by atoms with Gasteiger partial charge in [-0.15, -0.1) is 0 Å². The molecule has 0 saturated carbocycles. The fourth-order valence-corrected chi connectivity index (χ4v) is 2.96. The summed E-state index contributed by atoms with van der Waals surface area (Å²) in [6.45, 7) is -0.304. The molecular formula is C23H17FN2O5. The predicted molar refractivity (Wildman–Crippen MR) is 111 cm³/mol. The maximum Gasteiger partial charge on any atom is 0.343 e. The molecule has 2 heterocycles. The van der Waals surface area contributed by atoms with E-state index in [4.69, 9.17) is 9.15 Å². The number of nitrogens with one attached hydrogen (secondary N) is 1. The van der Waals surface area contributed by atoms with Gasteiger partial charge in [-0.3, -0.25) is 4.79 Å². The first-order chi connectivity index (χ1) is 15.0. The van der Waals surface area contributed by atoms with Gasteiger partial charge in [0.15, 0.2) is 12.4 Å². The van der Waals surface area contributed by atoms with Crippen molar-refractivity contribution in [2.24, 2.45) is 0 Å². The summed E-state index contributed by atoms with van der Waals surface area (Å²) in [5.41, 5.74) is 2.28. The average Bonchev–Trinajstić information content (AvgIpc) is 3.33. The van der Waals surface area contributed by atoms with Crippen LogP contribution in [0.25, 0.3) is 22.2 Å². The van der Waals surface area contributed by atoms with E-state index in [1.165, 1.54) is 25.5 Å². The Morgan fingerprint density at radius 3 is 2.61 bits per heavy atom. The molecule has 2 aromatic carbocycles. The third-order valence-corrected chi connectivity index (χ3v) is 4.49. The second-order valence-corrected chi connectivity index (χ2v) is 6.54. The monoisotopic (exact) mass is 420 g/mol. The fourth-order valence-electron chi connectivity index (χ4n) is 2.96. The fraction of sp³-hybridized carbons (Fsp3) is 0.0870. The summed E-state index contributed by atoms with van der Waals surface area (Å²) in [6, 6.07) is 15.8. The van der Waals surface area contributed by atoms with Crippen LogP contribution in [0.2, 0.25) is 0 Å². The van der Waals surface area contributed by atoms with E-state index in [9.17, 15) is 14.0 Å². The van der Waals surface area contributed by atoms with Gasteiger partial charge >= 0.3 is 5.97 Å². The molecule has 0 atom stereocenters. The lowest BCUT2D eigenvalue weighted by molar-refractivity contribution is -0.142. The summed E-state index contributed by atoms with van der Waals surface area (Å²) in [5, 5.41) is 3.32. The van der Waals surface area contributed by atoms with E-state index in [-0.39, 0.29) is 18.2 Å². The minimum atomic E-state index is -0.546. The van der Waals surface area contributed by atoms with Gasteiger partial charge in [-0.05, 0) is 54.6 Å². The Kier molecular flexibility index (Phi) is 5.61. The quantitative estimate of drug-likeness (QED) is 0.464. The molecule has 0 aliphatic carbocycles. The van der Waals surface area contributed by atoms with Crippen molar-refractivity contribution >= 4 is 28.5 Å². The second kappa shape index (κ2) is 8.66. The number of carbonyl (C=O) groups is 2. The van der Waals surface area contributed by atoms with Crippen LogP contribution in [0.4, 0.5) is 10.1 Å². The predicted octanol–water partition coefficient (Wildman–Crippen LogP) is 4.44. The van der Waals surface area contributed by atoms with Crippen LogP contribution in [0.15, 0.2) is 71.3 Å². The highest BCUT2D eigenvalue weighted by atomic mass is 19.1. The third-order valence-electron chi connectivity index (χ3n) is 4.49. The maximum absolute atomic E-state index is 13.3. The smallest absolute Gasteiger partial charge is 0.343 e. The minimum Gasteiger partial charge on any atom is -0.481 e. The first-order valence-corrected chi connectivity index (χ1v) is 9.29. The van der Waals surface area contributed by atoms with E-state index >= 15 is 0 Å². The molecule has 8 heteroatoms. The van der Waals surface area contributed by atoms with Crippen LogP contribution in [0.3, 0.4) is 0 Å². The van der Waals surface area contributed by atoms with Crippen LogP contribution >= 0.6 is 0 Å². The van der Waals surface area contributed by atoms with Gasteiger partial charge < -0.3 is 19.2 Å². The van der Waals surface area contributed by atoms with Gasteiger partial charge in [0.1, 0.15) is 11.6 Å². The Balaban J connectivity index is 1.73. The number of methoxy groups -OCH3 is 1. The van der Waals surface area contributed by atoms with Crippen molar-refractivity contribution in [1.29, 1.82) is 0 Å². The van der Waals surface area contributed by atoms with Crippen molar-refractivity contribution < 1.29 is 27.9 Å². The molecule has 0 unspecified atom stereocenters. The highest BCUT2D eigenvalue weighted by Gasteiger charge is 2.14. The van der Waals surface area contributed by atoms with E-state index in [0.717, 1.165) is 0 Å². The molecule has 7 nitrogen and oxygen atoms in total. The SMILES string of the molecule is COC(=O)COc1cc(-c2ccc(F)cc2)nc2ccc(NC(=O)c3ccco3)cc12. The Morgan fingerprint density at radius 1 is 1.10 bits per heavy atom. The van der Waals surface area contributed by atoms with Crippen LogP contribution < -0.4 is 10.1 Å². The molecule has 2 aromatic heterocycles. The number of rotatable bonds is 6. The van der Waals surface area contributed by atoms with Crippen LogP contribution in [-0.2, 0) is 9.53 Å². The number of anilines is 1. The van der Waals surface area contributed by atoms with E-state index in [1.54, 1.807) is 48.5 Å². The number of esters is 1. The Hall–Kier alpha value is -4.20. The molecule has 31 heavy (non-hydrogen) atoms. The van der Waals surface area contributed by atoms with Gasteiger partial charge in [-0.1, -0.05) is 0 Å². The number of furan rings is 1. The number of fused-ring (bicyclic) bond motifs is 1. The van der Waals surface area contributed by atoms with E-state index in [1.807, 2.05) is 0 Å². The summed E-state index contributed by atoms with van der Waals surface area (Å²) in [4.78, 5) is 28.5. The zero-order valence-electron chi connectivity index (χ0n) is 16.4.